The van der Waals surface area contributed by atoms with Gasteiger partial charge in [-0.1, -0.05) is 12.1 Å². The lowest BCUT2D eigenvalue weighted by Crippen LogP contribution is -2.02. The van der Waals surface area contributed by atoms with Gasteiger partial charge in [-0.3, -0.25) is 4.79 Å². The van der Waals surface area contributed by atoms with Crippen LogP contribution >= 0.6 is 0 Å². The van der Waals surface area contributed by atoms with E-state index in [0.717, 1.165) is 23.0 Å². The van der Waals surface area contributed by atoms with Gasteiger partial charge in [-0.2, -0.15) is 0 Å². The fraction of sp³-hybridized carbons (Fsp3) is 0.0714. The number of aldehydes is 1. The van der Waals surface area contributed by atoms with Gasteiger partial charge in [0.25, 0.3) is 0 Å². The van der Waals surface area contributed by atoms with E-state index in [-0.39, 0.29) is 0 Å². The Morgan fingerprint density at radius 1 is 1.17 bits per heavy atom. The highest BCUT2D eigenvalue weighted by atomic mass is 16.1. The number of rotatable bonds is 3. The molecule has 0 aliphatic carbocycles. The number of carbonyl (C=O) groups excluding carboxylic acids is 1. The highest BCUT2D eigenvalue weighted by Crippen LogP contribution is 2.17. The molecule has 0 radical (unpaired) electrons. The van der Waals surface area contributed by atoms with Crippen LogP contribution in [0.5, 0.6) is 0 Å². The Morgan fingerprint density at radius 3 is 2.78 bits per heavy atom. The van der Waals surface area contributed by atoms with E-state index in [1.165, 1.54) is 0 Å². The lowest BCUT2D eigenvalue weighted by molar-refractivity contribution is 0.112. The van der Waals surface area contributed by atoms with Crippen LogP contribution in [0.15, 0.2) is 48.9 Å². The fourth-order valence-electron chi connectivity index (χ4n) is 1.98. The molecular formula is C14H11N3O. The van der Waals surface area contributed by atoms with Crippen molar-refractivity contribution in [3.8, 4) is 0 Å². The van der Waals surface area contributed by atoms with E-state index in [0.29, 0.717) is 12.1 Å². The second-order valence-electron chi connectivity index (χ2n) is 4.04. The zero-order valence-corrected chi connectivity index (χ0v) is 9.65. The maximum absolute atomic E-state index is 10.8. The molecule has 1 aromatic carbocycles. The summed E-state index contributed by atoms with van der Waals surface area (Å²) in [6.45, 7) is 0.604. The maximum Gasteiger partial charge on any atom is 0.150 e. The molecule has 0 saturated carbocycles. The third-order valence-corrected chi connectivity index (χ3v) is 2.87. The molecule has 0 amide bonds. The van der Waals surface area contributed by atoms with Gasteiger partial charge in [0.2, 0.25) is 0 Å². The molecule has 0 unspecified atom stereocenters. The van der Waals surface area contributed by atoms with Crippen molar-refractivity contribution in [1.29, 1.82) is 0 Å². The molecule has 2 aromatic heterocycles. The van der Waals surface area contributed by atoms with E-state index < -0.39 is 0 Å². The Morgan fingerprint density at radius 2 is 2.00 bits per heavy atom. The molecule has 2 heterocycles. The number of aromatic nitrogens is 3. The molecule has 0 spiro atoms. The van der Waals surface area contributed by atoms with Gasteiger partial charge in [0, 0.05) is 29.7 Å². The second-order valence-corrected chi connectivity index (χ2v) is 4.04. The summed E-state index contributed by atoms with van der Waals surface area (Å²) in [6.07, 6.45) is 6.29. The van der Waals surface area contributed by atoms with Crippen LogP contribution < -0.4 is 0 Å². The zero-order valence-electron chi connectivity index (χ0n) is 9.65. The second kappa shape index (κ2) is 4.41. The van der Waals surface area contributed by atoms with Crippen LogP contribution in [0.2, 0.25) is 0 Å². The molecule has 3 aromatic rings. The van der Waals surface area contributed by atoms with E-state index in [1.54, 1.807) is 18.5 Å². The molecule has 0 atom stereocenters. The third kappa shape index (κ3) is 1.88. The molecule has 0 fully saturated rings. The van der Waals surface area contributed by atoms with E-state index in [2.05, 4.69) is 9.97 Å². The van der Waals surface area contributed by atoms with Crippen molar-refractivity contribution in [3.05, 3.63) is 60.3 Å². The molecule has 4 heteroatoms. The van der Waals surface area contributed by atoms with E-state index in [1.807, 2.05) is 35.0 Å². The first-order valence-corrected chi connectivity index (χ1v) is 5.67. The largest absolute Gasteiger partial charge is 0.340 e. The van der Waals surface area contributed by atoms with Gasteiger partial charge in [0.1, 0.15) is 12.1 Å². The molecule has 0 bridgehead atoms. The lowest BCUT2D eigenvalue weighted by atomic mass is 10.2. The first kappa shape index (κ1) is 10.7. The highest BCUT2D eigenvalue weighted by Gasteiger charge is 2.04. The Labute approximate surface area is 104 Å². The van der Waals surface area contributed by atoms with Crippen LogP contribution in [-0.2, 0) is 6.54 Å². The number of fused-ring (bicyclic) bond motifs is 1. The van der Waals surface area contributed by atoms with E-state index in [9.17, 15) is 4.79 Å². The number of hydrogen-bond acceptors (Lipinski definition) is 3. The van der Waals surface area contributed by atoms with Crippen LogP contribution in [-0.4, -0.2) is 20.8 Å². The van der Waals surface area contributed by atoms with Gasteiger partial charge in [0.05, 0.1) is 6.54 Å². The van der Waals surface area contributed by atoms with Gasteiger partial charge in [0.15, 0.2) is 0 Å². The van der Waals surface area contributed by atoms with Crippen molar-refractivity contribution >= 4 is 17.2 Å². The normalized spacial score (nSPS) is 10.7. The minimum absolute atomic E-state index is 0.604. The summed E-state index contributed by atoms with van der Waals surface area (Å²) in [5.74, 6) is 0.756. The van der Waals surface area contributed by atoms with Crippen molar-refractivity contribution < 1.29 is 4.79 Å². The van der Waals surface area contributed by atoms with Crippen molar-refractivity contribution in [3.63, 3.8) is 0 Å². The molecule has 0 N–H and O–H groups in total. The van der Waals surface area contributed by atoms with Gasteiger partial charge in [-0.05, 0) is 23.6 Å². The lowest BCUT2D eigenvalue weighted by Gasteiger charge is -2.04. The summed E-state index contributed by atoms with van der Waals surface area (Å²) >= 11 is 0. The smallest absolute Gasteiger partial charge is 0.150 e. The van der Waals surface area contributed by atoms with E-state index >= 15 is 0 Å². The SMILES string of the molecule is O=Cc1ccc2ccn(Cc3ncccn3)c2c1. The topological polar surface area (TPSA) is 47.8 Å². The first-order valence-electron chi connectivity index (χ1n) is 5.67. The summed E-state index contributed by atoms with van der Waals surface area (Å²) < 4.78 is 2.04. The predicted molar refractivity (Wildman–Crippen MR) is 68.5 cm³/mol. The molecule has 0 aliphatic rings. The Hall–Kier alpha value is -2.49. The number of hydrogen-bond donors (Lipinski definition) is 0. The van der Waals surface area contributed by atoms with Gasteiger partial charge in [-0.15, -0.1) is 0 Å². The fourth-order valence-corrected chi connectivity index (χ4v) is 1.98. The summed E-state index contributed by atoms with van der Waals surface area (Å²) in [6, 6.07) is 9.46. The number of carbonyl (C=O) groups is 1. The first-order chi connectivity index (χ1) is 8.86. The Kier molecular flexibility index (Phi) is 2.61. The van der Waals surface area contributed by atoms with Gasteiger partial charge < -0.3 is 4.57 Å². The molecule has 88 valence electrons. The van der Waals surface area contributed by atoms with Crippen LogP contribution in [0.25, 0.3) is 10.9 Å². The summed E-state index contributed by atoms with van der Waals surface area (Å²) in [7, 11) is 0. The molecular weight excluding hydrogens is 226 g/mol. The average Bonchev–Trinajstić information content (AvgIpc) is 2.82. The number of benzene rings is 1. The van der Waals surface area contributed by atoms with Crippen LogP contribution in [0, 0.1) is 0 Å². The third-order valence-electron chi connectivity index (χ3n) is 2.87. The molecule has 0 saturated heterocycles. The average molecular weight is 237 g/mol. The molecule has 0 aliphatic heterocycles. The number of nitrogens with zero attached hydrogens (tertiary/aromatic N) is 3. The van der Waals surface area contributed by atoms with Crippen LogP contribution in [0.1, 0.15) is 16.2 Å². The zero-order chi connectivity index (χ0) is 12.4. The predicted octanol–water partition coefficient (Wildman–Crippen LogP) is 2.29. The van der Waals surface area contributed by atoms with Crippen LogP contribution in [0.3, 0.4) is 0 Å². The minimum Gasteiger partial charge on any atom is -0.340 e. The van der Waals surface area contributed by atoms with Gasteiger partial charge >= 0.3 is 0 Å². The molecule has 4 nitrogen and oxygen atoms in total. The van der Waals surface area contributed by atoms with Crippen molar-refractivity contribution in [1.82, 2.24) is 14.5 Å². The standard InChI is InChI=1S/C14H11N3O/c18-10-11-2-3-12-4-7-17(13(12)8-11)9-14-15-5-1-6-16-14/h1-8,10H,9H2. The molecule has 18 heavy (non-hydrogen) atoms. The van der Waals surface area contributed by atoms with Crippen molar-refractivity contribution in [2.45, 2.75) is 6.54 Å². The molecule has 3 rings (SSSR count). The summed E-state index contributed by atoms with van der Waals surface area (Å²) in [4.78, 5) is 19.2. The monoisotopic (exact) mass is 237 g/mol. The van der Waals surface area contributed by atoms with Crippen LogP contribution in [0.4, 0.5) is 0 Å². The van der Waals surface area contributed by atoms with Crippen molar-refractivity contribution in [2.24, 2.45) is 0 Å². The Bertz CT molecular complexity index is 689. The highest BCUT2D eigenvalue weighted by molar-refractivity contribution is 5.87. The summed E-state index contributed by atoms with van der Waals surface area (Å²) in [5.41, 5.74) is 1.70. The van der Waals surface area contributed by atoms with E-state index in [4.69, 9.17) is 0 Å². The quantitative estimate of drug-likeness (QED) is 0.657. The van der Waals surface area contributed by atoms with Gasteiger partial charge in [-0.25, -0.2) is 9.97 Å². The van der Waals surface area contributed by atoms with Crippen molar-refractivity contribution in [2.75, 3.05) is 0 Å². The summed E-state index contributed by atoms with van der Waals surface area (Å²) in [5, 5.41) is 1.11. The minimum atomic E-state index is 0.604. The Balaban J connectivity index is 2.04. The maximum atomic E-state index is 10.8.